The van der Waals surface area contributed by atoms with Crippen LogP contribution in [-0.4, -0.2) is 34.3 Å². The maximum absolute atomic E-state index is 12.6. The fraction of sp³-hybridized carbons (Fsp3) is 0.652. The van der Waals surface area contributed by atoms with Crippen LogP contribution in [0.1, 0.15) is 77.2 Å². The Bertz CT molecular complexity index is 757. The van der Waals surface area contributed by atoms with Gasteiger partial charge in [0.2, 0.25) is 0 Å². The van der Waals surface area contributed by atoms with Crippen molar-refractivity contribution in [2.45, 2.75) is 95.0 Å². The summed E-state index contributed by atoms with van der Waals surface area (Å²) in [6.07, 6.45) is 7.02. The first kappa shape index (κ1) is 19.1. The molecule has 2 saturated heterocycles. The van der Waals surface area contributed by atoms with E-state index >= 15 is 0 Å². The monoisotopic (exact) mass is 381 g/mol. The fourth-order valence-electron chi connectivity index (χ4n) is 4.95. The lowest BCUT2D eigenvalue weighted by Gasteiger charge is -2.39. The van der Waals surface area contributed by atoms with E-state index in [1.807, 2.05) is 25.7 Å². The second-order valence-corrected chi connectivity index (χ2v) is 9.68. The largest absolute Gasteiger partial charge is 0.444 e. The fourth-order valence-corrected chi connectivity index (χ4v) is 4.95. The quantitative estimate of drug-likeness (QED) is 0.699. The van der Waals surface area contributed by atoms with Gasteiger partial charge in [-0.15, -0.1) is 0 Å². The predicted molar refractivity (Wildman–Crippen MR) is 110 cm³/mol. The zero-order valence-corrected chi connectivity index (χ0v) is 17.2. The van der Waals surface area contributed by atoms with E-state index in [0.717, 1.165) is 50.6 Å². The van der Waals surface area contributed by atoms with Crippen LogP contribution in [0.5, 0.6) is 0 Å². The van der Waals surface area contributed by atoms with Crippen LogP contribution < -0.4 is 5.32 Å². The molecule has 1 saturated carbocycles. The van der Waals surface area contributed by atoms with Gasteiger partial charge in [-0.1, -0.05) is 12.1 Å². The van der Waals surface area contributed by atoms with E-state index in [1.165, 1.54) is 5.56 Å². The first-order valence-electron chi connectivity index (χ1n) is 10.6. The molecule has 2 bridgehead atoms. The molecule has 2 unspecified atom stereocenters. The number of ether oxygens (including phenoxy) is 1. The van der Waals surface area contributed by atoms with E-state index < -0.39 is 5.60 Å². The lowest BCUT2D eigenvalue weighted by molar-refractivity contribution is 0.00584. The molecule has 28 heavy (non-hydrogen) atoms. The van der Waals surface area contributed by atoms with Crippen LogP contribution in [0.3, 0.4) is 0 Å². The van der Waals surface area contributed by atoms with Gasteiger partial charge >= 0.3 is 11.8 Å². The Kier molecular flexibility index (Phi) is 4.77. The number of nitrogens with one attached hydrogen (secondary N) is 1. The molecule has 5 nitrogen and oxygen atoms in total. The van der Waals surface area contributed by atoms with Gasteiger partial charge in [0.1, 0.15) is 5.60 Å². The van der Waals surface area contributed by atoms with Gasteiger partial charge in [0.25, 0.3) is 0 Å². The Balaban J connectivity index is 1.41. The third-order valence-electron chi connectivity index (χ3n) is 6.49. The van der Waals surface area contributed by atoms with Crippen molar-refractivity contribution < 1.29 is 9.53 Å². The maximum Gasteiger partial charge on any atom is 0.410 e. The summed E-state index contributed by atoms with van der Waals surface area (Å²) in [5.41, 5.74) is 1.56. The molecule has 2 atom stereocenters. The van der Waals surface area contributed by atoms with E-state index in [2.05, 4.69) is 34.4 Å². The lowest BCUT2D eigenvalue weighted by Crippen LogP contribution is -2.48. The summed E-state index contributed by atoms with van der Waals surface area (Å²) >= 11 is 0. The molecular formula is C23H31N3O2. The molecule has 1 N–H and O–H groups in total. The molecule has 3 aliphatic rings. The summed E-state index contributed by atoms with van der Waals surface area (Å²) in [6.45, 7) is 13.2. The van der Waals surface area contributed by atoms with Gasteiger partial charge in [-0.2, -0.15) is 0 Å². The average Bonchev–Trinajstić information content (AvgIpc) is 2.87. The number of carbonyl (C=O) groups is 1. The molecule has 1 aromatic carbocycles. The van der Waals surface area contributed by atoms with Crippen molar-refractivity contribution in [3.8, 4) is 0 Å². The number of anilines is 1. The molecule has 0 aromatic heterocycles. The Morgan fingerprint density at radius 1 is 1.18 bits per heavy atom. The van der Waals surface area contributed by atoms with Crippen molar-refractivity contribution in [3.05, 3.63) is 41.2 Å². The number of benzene rings is 1. The number of hydrogen-bond donors (Lipinski definition) is 1. The van der Waals surface area contributed by atoms with Crippen LogP contribution in [0.15, 0.2) is 24.3 Å². The van der Waals surface area contributed by atoms with Crippen molar-refractivity contribution in [1.82, 2.24) is 4.90 Å². The van der Waals surface area contributed by atoms with Crippen LogP contribution >= 0.6 is 0 Å². The minimum Gasteiger partial charge on any atom is -0.444 e. The van der Waals surface area contributed by atoms with E-state index in [-0.39, 0.29) is 23.8 Å². The molecule has 2 aliphatic heterocycles. The number of carbonyl (C=O) groups excluding carboxylic acids is 1. The van der Waals surface area contributed by atoms with Gasteiger partial charge in [-0.3, -0.25) is 4.85 Å². The minimum absolute atomic E-state index is 0.150. The summed E-state index contributed by atoms with van der Waals surface area (Å²) in [5, 5.41) is 3.42. The second-order valence-electron chi connectivity index (χ2n) is 9.68. The molecule has 3 fully saturated rings. The number of fused-ring (bicyclic) bond motifs is 2. The van der Waals surface area contributed by atoms with Crippen LogP contribution in [-0.2, 0) is 4.74 Å². The van der Waals surface area contributed by atoms with E-state index in [9.17, 15) is 4.79 Å². The predicted octanol–water partition coefficient (Wildman–Crippen LogP) is 5.54. The Labute approximate surface area is 168 Å². The Morgan fingerprint density at radius 3 is 2.25 bits per heavy atom. The summed E-state index contributed by atoms with van der Waals surface area (Å²) < 4.78 is 5.64. The van der Waals surface area contributed by atoms with Gasteiger partial charge in [-0.05, 0) is 76.5 Å². The van der Waals surface area contributed by atoms with Gasteiger partial charge in [0.15, 0.2) is 0 Å². The number of piperidine rings is 1. The molecule has 2 heterocycles. The highest BCUT2D eigenvalue weighted by Gasteiger charge is 2.45. The van der Waals surface area contributed by atoms with Crippen LogP contribution in [0.4, 0.5) is 10.5 Å². The number of nitrogens with zero attached hydrogens (tertiary/aromatic N) is 2. The topological polar surface area (TPSA) is 45.9 Å². The van der Waals surface area contributed by atoms with Gasteiger partial charge in [0, 0.05) is 30.6 Å². The van der Waals surface area contributed by atoms with Crippen molar-refractivity contribution in [3.63, 3.8) is 0 Å². The van der Waals surface area contributed by atoms with Crippen molar-refractivity contribution in [2.75, 3.05) is 5.32 Å². The molecule has 5 heteroatoms. The van der Waals surface area contributed by atoms with Gasteiger partial charge < -0.3 is 15.0 Å². The van der Waals surface area contributed by atoms with Crippen molar-refractivity contribution >= 4 is 11.8 Å². The summed E-state index contributed by atoms with van der Waals surface area (Å²) in [6, 6.07) is 9.21. The molecular weight excluding hydrogens is 350 g/mol. The van der Waals surface area contributed by atoms with Gasteiger partial charge in [0.05, 0.1) is 0 Å². The maximum atomic E-state index is 12.6. The van der Waals surface area contributed by atoms with Crippen molar-refractivity contribution in [1.29, 1.82) is 0 Å². The third kappa shape index (κ3) is 3.70. The van der Waals surface area contributed by atoms with Crippen molar-refractivity contribution in [2.24, 2.45) is 0 Å². The normalized spacial score (nSPS) is 28.2. The zero-order valence-electron chi connectivity index (χ0n) is 17.2. The van der Waals surface area contributed by atoms with Crippen LogP contribution in [0.2, 0.25) is 0 Å². The molecule has 1 aliphatic carbocycles. The minimum atomic E-state index is -0.445. The zero-order chi connectivity index (χ0) is 19.9. The number of hydrogen-bond acceptors (Lipinski definition) is 3. The third-order valence-corrected chi connectivity index (χ3v) is 6.49. The van der Waals surface area contributed by atoms with E-state index in [0.29, 0.717) is 5.92 Å². The molecule has 1 amide bonds. The average molecular weight is 382 g/mol. The highest BCUT2D eigenvalue weighted by Crippen LogP contribution is 2.44. The summed E-state index contributed by atoms with van der Waals surface area (Å²) in [7, 11) is 0. The first-order chi connectivity index (χ1) is 13.3. The van der Waals surface area contributed by atoms with Gasteiger partial charge in [-0.25, -0.2) is 11.4 Å². The first-order valence-corrected chi connectivity index (χ1v) is 10.6. The van der Waals surface area contributed by atoms with E-state index in [4.69, 9.17) is 11.3 Å². The lowest BCUT2D eigenvalue weighted by atomic mass is 9.84. The smallest absolute Gasteiger partial charge is 0.410 e. The molecule has 1 aromatic rings. The molecule has 150 valence electrons. The van der Waals surface area contributed by atoms with Crippen LogP contribution in [0, 0.1) is 6.57 Å². The highest BCUT2D eigenvalue weighted by atomic mass is 16.6. The number of rotatable bonds is 3. The summed E-state index contributed by atoms with van der Waals surface area (Å²) in [5.74, 6) is 0.490. The Morgan fingerprint density at radius 2 is 1.79 bits per heavy atom. The Hall–Kier alpha value is -2.22. The highest BCUT2D eigenvalue weighted by molar-refractivity contribution is 5.69. The SMILES string of the molecule is [C-]#[N+]C1(Nc2ccc(C3CC4CCC(C3)N4C(=O)OC(C)(C)C)cc2)CCC1. The molecule has 0 radical (unpaired) electrons. The molecule has 4 rings (SSSR count). The van der Waals surface area contributed by atoms with E-state index in [1.54, 1.807) is 0 Å². The summed E-state index contributed by atoms with van der Waals surface area (Å²) in [4.78, 5) is 18.4. The molecule has 0 spiro atoms. The van der Waals surface area contributed by atoms with Crippen LogP contribution in [0.25, 0.3) is 4.85 Å². The second kappa shape index (κ2) is 6.99. The standard InChI is InChI=1S/C23H31N3O2/c1-22(2,3)28-21(27)26-19-10-11-20(26)15-17(14-19)16-6-8-18(9-7-16)25-23(24-4)12-5-13-23/h6-9,17,19-20,25H,5,10-15H2,1-3H3. The number of amides is 1.